The summed E-state index contributed by atoms with van der Waals surface area (Å²) in [6.45, 7) is 8.59. The van der Waals surface area contributed by atoms with Gasteiger partial charge in [-0.1, -0.05) is 19.1 Å². The molecule has 0 bridgehead atoms. The van der Waals surface area contributed by atoms with Gasteiger partial charge in [0.25, 0.3) is 0 Å². The van der Waals surface area contributed by atoms with Crippen LogP contribution in [0.4, 0.5) is 5.69 Å². The Morgan fingerprint density at radius 1 is 1.00 bits per heavy atom. The SMILES string of the molecule is CCc1ccc(-n2c(C)cc(C=Nc3ccc(I)cc3C)c2C)cc1. The van der Waals surface area contributed by atoms with Gasteiger partial charge in [-0.15, -0.1) is 0 Å². The summed E-state index contributed by atoms with van der Waals surface area (Å²) < 4.78 is 3.53. The largest absolute Gasteiger partial charge is 0.318 e. The Morgan fingerprint density at radius 3 is 2.36 bits per heavy atom. The van der Waals surface area contributed by atoms with E-state index in [2.05, 4.69) is 103 Å². The molecule has 0 aliphatic rings. The van der Waals surface area contributed by atoms with Gasteiger partial charge in [-0.25, -0.2) is 0 Å². The van der Waals surface area contributed by atoms with Crippen LogP contribution in [0, 0.1) is 24.3 Å². The molecule has 0 saturated carbocycles. The third-order valence-electron chi connectivity index (χ3n) is 4.57. The van der Waals surface area contributed by atoms with Gasteiger partial charge in [-0.05, 0) is 97.3 Å². The van der Waals surface area contributed by atoms with Crippen molar-refractivity contribution in [1.29, 1.82) is 0 Å². The van der Waals surface area contributed by atoms with Crippen LogP contribution in [0.25, 0.3) is 5.69 Å². The molecule has 0 radical (unpaired) electrons. The van der Waals surface area contributed by atoms with E-state index in [4.69, 9.17) is 4.99 Å². The van der Waals surface area contributed by atoms with Gasteiger partial charge in [0.1, 0.15) is 0 Å². The van der Waals surface area contributed by atoms with Crippen molar-refractivity contribution in [3.8, 4) is 5.69 Å². The van der Waals surface area contributed by atoms with Crippen LogP contribution in [-0.2, 0) is 6.42 Å². The number of aryl methyl sites for hydroxylation is 3. The zero-order chi connectivity index (χ0) is 18.0. The van der Waals surface area contributed by atoms with Gasteiger partial charge in [-0.3, -0.25) is 4.99 Å². The van der Waals surface area contributed by atoms with Crippen molar-refractivity contribution >= 4 is 34.5 Å². The minimum absolute atomic E-state index is 1.03. The maximum atomic E-state index is 4.71. The molecule has 0 amide bonds. The molecule has 3 heteroatoms. The van der Waals surface area contributed by atoms with Crippen molar-refractivity contribution in [2.75, 3.05) is 0 Å². The predicted octanol–water partition coefficient (Wildman–Crippen LogP) is 6.32. The first kappa shape index (κ1) is 17.9. The van der Waals surface area contributed by atoms with Crippen LogP contribution in [0.1, 0.15) is 35.0 Å². The number of benzene rings is 2. The molecule has 3 rings (SSSR count). The molecule has 1 aromatic heterocycles. The first-order valence-electron chi connectivity index (χ1n) is 8.58. The molecule has 2 nitrogen and oxygen atoms in total. The van der Waals surface area contributed by atoms with Gasteiger partial charge in [0.15, 0.2) is 0 Å². The molecule has 0 N–H and O–H groups in total. The molecule has 0 fully saturated rings. The molecular formula is C22H23IN2. The lowest BCUT2D eigenvalue weighted by Crippen LogP contribution is -1.99. The van der Waals surface area contributed by atoms with Crippen molar-refractivity contribution in [3.05, 3.63) is 80.2 Å². The van der Waals surface area contributed by atoms with Crippen LogP contribution in [0.15, 0.2) is 53.5 Å². The third kappa shape index (κ3) is 3.87. The summed E-state index contributed by atoms with van der Waals surface area (Å²) in [7, 11) is 0. The van der Waals surface area contributed by atoms with E-state index < -0.39 is 0 Å². The zero-order valence-electron chi connectivity index (χ0n) is 15.2. The molecule has 0 aliphatic carbocycles. The predicted molar refractivity (Wildman–Crippen MR) is 116 cm³/mol. The highest BCUT2D eigenvalue weighted by Gasteiger charge is 2.09. The fraction of sp³-hybridized carbons (Fsp3) is 0.227. The average Bonchev–Trinajstić information content (AvgIpc) is 2.88. The van der Waals surface area contributed by atoms with Gasteiger partial charge in [0.05, 0.1) is 5.69 Å². The number of hydrogen-bond donors (Lipinski definition) is 0. The van der Waals surface area contributed by atoms with E-state index in [1.807, 2.05) is 6.21 Å². The lowest BCUT2D eigenvalue weighted by atomic mass is 10.1. The molecule has 0 atom stereocenters. The zero-order valence-corrected chi connectivity index (χ0v) is 17.3. The van der Waals surface area contributed by atoms with Crippen LogP contribution in [0.3, 0.4) is 0 Å². The Kier molecular flexibility index (Phi) is 5.42. The minimum atomic E-state index is 1.03. The summed E-state index contributed by atoms with van der Waals surface area (Å²) >= 11 is 2.33. The van der Waals surface area contributed by atoms with Gasteiger partial charge in [-0.2, -0.15) is 0 Å². The normalized spacial score (nSPS) is 11.4. The Morgan fingerprint density at radius 2 is 1.72 bits per heavy atom. The molecule has 128 valence electrons. The van der Waals surface area contributed by atoms with Gasteiger partial charge < -0.3 is 4.57 Å². The number of aromatic nitrogens is 1. The molecule has 3 aromatic rings. The number of rotatable bonds is 4. The lowest BCUT2D eigenvalue weighted by Gasteiger charge is -2.10. The summed E-state index contributed by atoms with van der Waals surface area (Å²) in [6, 6.07) is 17.3. The van der Waals surface area contributed by atoms with E-state index >= 15 is 0 Å². The van der Waals surface area contributed by atoms with E-state index in [0.717, 1.165) is 17.7 Å². The van der Waals surface area contributed by atoms with E-state index in [9.17, 15) is 0 Å². The summed E-state index contributed by atoms with van der Waals surface area (Å²) in [5.74, 6) is 0. The molecule has 0 aliphatic heterocycles. The number of halogens is 1. The molecule has 2 aromatic carbocycles. The highest BCUT2D eigenvalue weighted by atomic mass is 127. The first-order chi connectivity index (χ1) is 12.0. The Hall–Kier alpha value is -1.88. The molecule has 1 heterocycles. The molecule has 0 spiro atoms. The molecule has 0 unspecified atom stereocenters. The Balaban J connectivity index is 1.94. The fourth-order valence-electron chi connectivity index (χ4n) is 3.10. The van der Waals surface area contributed by atoms with Crippen LogP contribution >= 0.6 is 22.6 Å². The van der Waals surface area contributed by atoms with Crippen molar-refractivity contribution < 1.29 is 0 Å². The summed E-state index contributed by atoms with van der Waals surface area (Å²) in [5.41, 5.74) is 8.40. The average molecular weight is 442 g/mol. The lowest BCUT2D eigenvalue weighted by molar-refractivity contribution is 0.962. The third-order valence-corrected chi connectivity index (χ3v) is 5.25. The van der Waals surface area contributed by atoms with Gasteiger partial charge in [0.2, 0.25) is 0 Å². The smallest absolute Gasteiger partial charge is 0.0659 e. The van der Waals surface area contributed by atoms with Crippen molar-refractivity contribution in [2.24, 2.45) is 4.99 Å². The van der Waals surface area contributed by atoms with Gasteiger partial charge in [0, 0.05) is 32.4 Å². The summed E-state index contributed by atoms with van der Waals surface area (Å²) in [4.78, 5) is 4.71. The standard InChI is InChI=1S/C22H23IN2/c1-5-18-6-9-21(10-7-18)25-16(3)13-19(17(25)4)14-24-22-11-8-20(23)12-15(22)2/h6-14H,5H2,1-4H3. The Labute approximate surface area is 163 Å². The van der Waals surface area contributed by atoms with Crippen molar-refractivity contribution in [3.63, 3.8) is 0 Å². The molecule has 25 heavy (non-hydrogen) atoms. The second-order valence-electron chi connectivity index (χ2n) is 6.37. The monoisotopic (exact) mass is 442 g/mol. The maximum absolute atomic E-state index is 4.71. The fourth-order valence-corrected chi connectivity index (χ4v) is 3.75. The van der Waals surface area contributed by atoms with E-state index in [0.29, 0.717) is 0 Å². The van der Waals surface area contributed by atoms with Crippen molar-refractivity contribution in [2.45, 2.75) is 34.1 Å². The quantitative estimate of drug-likeness (QED) is 0.332. The van der Waals surface area contributed by atoms with Crippen molar-refractivity contribution in [1.82, 2.24) is 4.57 Å². The van der Waals surface area contributed by atoms with Crippen LogP contribution < -0.4 is 0 Å². The van der Waals surface area contributed by atoms with Crippen LogP contribution in [-0.4, -0.2) is 10.8 Å². The van der Waals surface area contributed by atoms with E-state index in [1.165, 1.54) is 31.8 Å². The highest BCUT2D eigenvalue weighted by molar-refractivity contribution is 14.1. The first-order valence-corrected chi connectivity index (χ1v) is 9.66. The topological polar surface area (TPSA) is 17.3 Å². The number of aliphatic imine (C=N–C) groups is 1. The number of nitrogens with zero attached hydrogens (tertiary/aromatic N) is 2. The van der Waals surface area contributed by atoms with Gasteiger partial charge >= 0.3 is 0 Å². The van der Waals surface area contributed by atoms with Crippen LogP contribution in [0.2, 0.25) is 0 Å². The summed E-state index contributed by atoms with van der Waals surface area (Å²) in [5, 5.41) is 0. The second-order valence-corrected chi connectivity index (χ2v) is 7.62. The maximum Gasteiger partial charge on any atom is 0.0659 e. The van der Waals surface area contributed by atoms with Crippen LogP contribution in [0.5, 0.6) is 0 Å². The Bertz CT molecular complexity index is 918. The number of hydrogen-bond acceptors (Lipinski definition) is 1. The molecule has 0 saturated heterocycles. The highest BCUT2D eigenvalue weighted by Crippen LogP contribution is 2.23. The summed E-state index contributed by atoms with van der Waals surface area (Å²) in [6.07, 6.45) is 3.05. The van der Waals surface area contributed by atoms with E-state index in [1.54, 1.807) is 0 Å². The minimum Gasteiger partial charge on any atom is -0.318 e. The second kappa shape index (κ2) is 7.56. The molecular weight excluding hydrogens is 419 g/mol. The van der Waals surface area contributed by atoms with E-state index in [-0.39, 0.29) is 0 Å².